The largest absolute Gasteiger partial charge is 0.375 e. The summed E-state index contributed by atoms with van der Waals surface area (Å²) in [5.74, 6) is 0. The van der Waals surface area contributed by atoms with E-state index >= 15 is 0 Å². The SMILES string of the molecule is CO[C@H](c1ccc(-c2cncnc2)cc1)[C@H](N)CF. The minimum absolute atomic E-state index is 0.439. The van der Waals surface area contributed by atoms with Gasteiger partial charge in [0.25, 0.3) is 0 Å². The molecule has 0 aliphatic rings. The Hall–Kier alpha value is -1.85. The molecule has 1 aromatic heterocycles. The number of alkyl halides is 1. The highest BCUT2D eigenvalue weighted by atomic mass is 19.1. The Labute approximate surface area is 111 Å². The van der Waals surface area contributed by atoms with Crippen LogP contribution in [-0.4, -0.2) is 29.8 Å². The van der Waals surface area contributed by atoms with Crippen LogP contribution < -0.4 is 5.73 Å². The van der Waals surface area contributed by atoms with E-state index in [1.165, 1.54) is 13.4 Å². The number of rotatable bonds is 5. The summed E-state index contributed by atoms with van der Waals surface area (Å²) in [4.78, 5) is 7.94. The van der Waals surface area contributed by atoms with E-state index in [0.717, 1.165) is 16.7 Å². The monoisotopic (exact) mass is 261 g/mol. The Balaban J connectivity index is 2.23. The van der Waals surface area contributed by atoms with Gasteiger partial charge in [-0.15, -0.1) is 0 Å². The van der Waals surface area contributed by atoms with Gasteiger partial charge in [0.15, 0.2) is 0 Å². The van der Waals surface area contributed by atoms with Gasteiger partial charge in [0.1, 0.15) is 13.0 Å². The first-order chi connectivity index (χ1) is 9.26. The summed E-state index contributed by atoms with van der Waals surface area (Å²) in [6.45, 7) is -0.618. The molecular formula is C14H16FN3O. The molecule has 2 N–H and O–H groups in total. The third-order valence-corrected chi connectivity index (χ3v) is 2.95. The third-order valence-electron chi connectivity index (χ3n) is 2.95. The number of hydrogen-bond donors (Lipinski definition) is 1. The van der Waals surface area contributed by atoms with Crippen LogP contribution >= 0.6 is 0 Å². The Morgan fingerprint density at radius 2 is 1.79 bits per heavy atom. The predicted octanol–water partition coefficient (Wildman–Crippen LogP) is 2.13. The molecule has 0 radical (unpaired) electrons. The van der Waals surface area contributed by atoms with Crippen molar-refractivity contribution in [3.05, 3.63) is 48.5 Å². The van der Waals surface area contributed by atoms with E-state index in [4.69, 9.17) is 10.5 Å². The quantitative estimate of drug-likeness (QED) is 0.895. The van der Waals surface area contributed by atoms with Crippen molar-refractivity contribution in [3.8, 4) is 11.1 Å². The molecule has 0 saturated carbocycles. The van der Waals surface area contributed by atoms with E-state index in [-0.39, 0.29) is 0 Å². The fourth-order valence-corrected chi connectivity index (χ4v) is 1.95. The molecule has 2 atom stereocenters. The van der Waals surface area contributed by atoms with Crippen molar-refractivity contribution in [2.45, 2.75) is 12.1 Å². The predicted molar refractivity (Wildman–Crippen MR) is 71.2 cm³/mol. The Morgan fingerprint density at radius 3 is 2.32 bits per heavy atom. The summed E-state index contributed by atoms with van der Waals surface area (Å²) in [6.07, 6.45) is 4.52. The molecular weight excluding hydrogens is 245 g/mol. The molecule has 2 rings (SSSR count). The van der Waals surface area contributed by atoms with Crippen molar-refractivity contribution in [1.29, 1.82) is 0 Å². The summed E-state index contributed by atoms with van der Waals surface area (Å²) in [7, 11) is 1.53. The van der Waals surface area contributed by atoms with Gasteiger partial charge in [-0.2, -0.15) is 0 Å². The molecule has 0 amide bonds. The van der Waals surface area contributed by atoms with Crippen molar-refractivity contribution in [2.75, 3.05) is 13.8 Å². The molecule has 0 fully saturated rings. The molecule has 0 bridgehead atoms. The second kappa shape index (κ2) is 6.36. The molecule has 0 aliphatic carbocycles. The molecule has 1 aromatic carbocycles. The number of ether oxygens (including phenoxy) is 1. The normalized spacial score (nSPS) is 14.1. The summed E-state index contributed by atoms with van der Waals surface area (Å²) in [5.41, 5.74) is 8.47. The van der Waals surface area contributed by atoms with Crippen LogP contribution in [0, 0.1) is 0 Å². The van der Waals surface area contributed by atoms with E-state index in [2.05, 4.69) is 9.97 Å². The Kier molecular flexibility index (Phi) is 4.54. The zero-order chi connectivity index (χ0) is 13.7. The molecule has 19 heavy (non-hydrogen) atoms. The third kappa shape index (κ3) is 3.13. The maximum absolute atomic E-state index is 12.6. The van der Waals surface area contributed by atoms with Gasteiger partial charge in [-0.25, -0.2) is 14.4 Å². The molecule has 1 heterocycles. The number of methoxy groups -OCH3 is 1. The molecule has 0 aliphatic heterocycles. The van der Waals surface area contributed by atoms with Crippen LogP contribution in [-0.2, 0) is 4.74 Å². The van der Waals surface area contributed by atoms with Crippen molar-refractivity contribution < 1.29 is 9.13 Å². The van der Waals surface area contributed by atoms with Crippen LogP contribution in [0.25, 0.3) is 11.1 Å². The van der Waals surface area contributed by atoms with Crippen LogP contribution in [0.1, 0.15) is 11.7 Å². The van der Waals surface area contributed by atoms with Gasteiger partial charge < -0.3 is 10.5 Å². The van der Waals surface area contributed by atoms with Crippen molar-refractivity contribution >= 4 is 0 Å². The Morgan fingerprint density at radius 1 is 1.16 bits per heavy atom. The highest BCUT2D eigenvalue weighted by molar-refractivity contribution is 5.61. The van der Waals surface area contributed by atoms with Crippen molar-refractivity contribution in [2.24, 2.45) is 5.73 Å². The summed E-state index contributed by atoms with van der Waals surface area (Å²) in [6, 6.07) is 6.95. The van der Waals surface area contributed by atoms with Crippen LogP contribution in [0.15, 0.2) is 43.0 Å². The van der Waals surface area contributed by atoms with E-state index in [0.29, 0.717) is 0 Å². The van der Waals surface area contributed by atoms with Crippen LogP contribution in [0.4, 0.5) is 4.39 Å². The zero-order valence-electron chi connectivity index (χ0n) is 10.7. The average Bonchev–Trinajstić information content (AvgIpc) is 2.49. The summed E-state index contributed by atoms with van der Waals surface area (Å²) >= 11 is 0. The number of benzene rings is 1. The fraction of sp³-hybridized carbons (Fsp3) is 0.286. The minimum Gasteiger partial charge on any atom is -0.375 e. The highest BCUT2D eigenvalue weighted by Gasteiger charge is 2.19. The van der Waals surface area contributed by atoms with E-state index in [1.54, 1.807) is 12.4 Å². The summed E-state index contributed by atoms with van der Waals surface area (Å²) < 4.78 is 17.9. The van der Waals surface area contributed by atoms with E-state index < -0.39 is 18.8 Å². The lowest BCUT2D eigenvalue weighted by Crippen LogP contribution is -2.31. The number of aromatic nitrogens is 2. The first kappa shape index (κ1) is 13.6. The standard InChI is InChI=1S/C14H16FN3O/c1-19-14(13(16)6-15)11-4-2-10(3-5-11)12-7-17-9-18-8-12/h2-5,7-9,13-14H,6,16H2,1H3/t13-,14-/m1/s1. The van der Waals surface area contributed by atoms with Crippen LogP contribution in [0.5, 0.6) is 0 Å². The molecule has 0 unspecified atom stereocenters. The van der Waals surface area contributed by atoms with Gasteiger partial charge in [-0.3, -0.25) is 0 Å². The summed E-state index contributed by atoms with van der Waals surface area (Å²) in [5, 5.41) is 0. The molecule has 100 valence electrons. The van der Waals surface area contributed by atoms with Crippen molar-refractivity contribution in [1.82, 2.24) is 9.97 Å². The minimum atomic E-state index is -0.657. The second-order valence-electron chi connectivity index (χ2n) is 4.22. The van der Waals surface area contributed by atoms with Gasteiger partial charge in [0.05, 0.1) is 12.1 Å². The van der Waals surface area contributed by atoms with E-state index in [1.807, 2.05) is 24.3 Å². The second-order valence-corrected chi connectivity index (χ2v) is 4.22. The number of nitrogens with zero attached hydrogens (tertiary/aromatic N) is 2. The van der Waals surface area contributed by atoms with Gasteiger partial charge in [-0.1, -0.05) is 24.3 Å². The number of nitrogens with two attached hydrogens (primary N) is 1. The Bertz CT molecular complexity index is 504. The number of hydrogen-bond acceptors (Lipinski definition) is 4. The fourth-order valence-electron chi connectivity index (χ4n) is 1.95. The topological polar surface area (TPSA) is 61.0 Å². The first-order valence-corrected chi connectivity index (χ1v) is 5.96. The van der Waals surface area contributed by atoms with Gasteiger partial charge in [0, 0.05) is 25.1 Å². The maximum atomic E-state index is 12.6. The lowest BCUT2D eigenvalue weighted by Gasteiger charge is -2.20. The highest BCUT2D eigenvalue weighted by Crippen LogP contribution is 2.24. The lowest BCUT2D eigenvalue weighted by atomic mass is 10.0. The van der Waals surface area contributed by atoms with Crippen LogP contribution in [0.3, 0.4) is 0 Å². The number of halogens is 1. The zero-order valence-corrected chi connectivity index (χ0v) is 10.7. The maximum Gasteiger partial charge on any atom is 0.115 e. The van der Waals surface area contributed by atoms with Gasteiger partial charge >= 0.3 is 0 Å². The van der Waals surface area contributed by atoms with Gasteiger partial charge in [0.2, 0.25) is 0 Å². The molecule has 4 nitrogen and oxygen atoms in total. The molecule has 2 aromatic rings. The average molecular weight is 261 g/mol. The first-order valence-electron chi connectivity index (χ1n) is 5.96. The smallest absolute Gasteiger partial charge is 0.115 e. The molecule has 0 saturated heterocycles. The molecule has 0 spiro atoms. The van der Waals surface area contributed by atoms with Gasteiger partial charge in [-0.05, 0) is 11.1 Å². The van der Waals surface area contributed by atoms with E-state index in [9.17, 15) is 4.39 Å². The molecule has 5 heteroatoms. The van der Waals surface area contributed by atoms with Crippen LogP contribution in [0.2, 0.25) is 0 Å². The lowest BCUT2D eigenvalue weighted by molar-refractivity contribution is 0.0721. The van der Waals surface area contributed by atoms with Crippen molar-refractivity contribution in [3.63, 3.8) is 0 Å².